The Morgan fingerprint density at radius 1 is 1.16 bits per heavy atom. The smallest absolute Gasteiger partial charge is 0.195 e. The molecule has 1 aromatic heterocycles. The highest BCUT2D eigenvalue weighted by molar-refractivity contribution is 9.10. The summed E-state index contributed by atoms with van der Waals surface area (Å²) < 4.78 is 3.34. The van der Waals surface area contributed by atoms with E-state index in [1.54, 1.807) is 18.0 Å². The summed E-state index contributed by atoms with van der Waals surface area (Å²) in [6, 6.07) is 11.9. The van der Waals surface area contributed by atoms with Crippen LogP contribution in [0.25, 0.3) is 10.9 Å². The fourth-order valence-corrected chi connectivity index (χ4v) is 5.98. The van der Waals surface area contributed by atoms with Crippen LogP contribution >= 0.6 is 27.9 Å². The Kier molecular flexibility index (Phi) is 4.93. The molecule has 5 rings (SSSR count). The lowest BCUT2D eigenvalue weighted by Crippen LogP contribution is -2.43. The standard InChI is InChI=1S/C24H23BrN4OS/c1-24(2)17-12-20(28-6-8-29(31-3)9-7-28)18(25)11-16(17)22(30)21-15-5-4-14(13-26)10-19(15)27-23(21)24/h4-5,10-12,27H,6-9H2,1-3H3. The minimum absolute atomic E-state index is 0.0414. The summed E-state index contributed by atoms with van der Waals surface area (Å²) in [7, 11) is 0. The van der Waals surface area contributed by atoms with Gasteiger partial charge in [-0.3, -0.25) is 4.79 Å². The number of halogens is 1. The molecule has 2 aliphatic rings. The van der Waals surface area contributed by atoms with Crippen molar-refractivity contribution in [3.8, 4) is 6.07 Å². The van der Waals surface area contributed by atoms with E-state index in [4.69, 9.17) is 0 Å². The van der Waals surface area contributed by atoms with Crippen molar-refractivity contribution >= 4 is 50.3 Å². The highest BCUT2D eigenvalue weighted by atomic mass is 79.9. The molecule has 31 heavy (non-hydrogen) atoms. The zero-order chi connectivity index (χ0) is 21.9. The maximum Gasteiger partial charge on any atom is 0.195 e. The zero-order valence-electron chi connectivity index (χ0n) is 17.8. The number of aromatic amines is 1. The average Bonchev–Trinajstić information content (AvgIpc) is 3.17. The van der Waals surface area contributed by atoms with E-state index in [1.807, 2.05) is 18.2 Å². The molecule has 0 spiro atoms. The molecule has 3 aromatic rings. The molecule has 0 saturated carbocycles. The van der Waals surface area contributed by atoms with Crippen LogP contribution in [-0.4, -0.2) is 47.5 Å². The van der Waals surface area contributed by atoms with Crippen LogP contribution in [0.5, 0.6) is 0 Å². The number of nitrogens with one attached hydrogen (secondary N) is 1. The van der Waals surface area contributed by atoms with E-state index in [0.29, 0.717) is 5.56 Å². The Balaban J connectivity index is 1.64. The Morgan fingerprint density at radius 3 is 2.58 bits per heavy atom. The number of hydrogen-bond acceptors (Lipinski definition) is 5. The third-order valence-corrected chi connectivity index (χ3v) is 8.14. The van der Waals surface area contributed by atoms with E-state index in [1.165, 1.54) is 0 Å². The number of carbonyl (C=O) groups excluding carboxylic acids is 1. The average molecular weight is 495 g/mol. The van der Waals surface area contributed by atoms with E-state index >= 15 is 0 Å². The first-order chi connectivity index (χ1) is 14.8. The van der Waals surface area contributed by atoms with Crippen LogP contribution in [0.15, 0.2) is 34.8 Å². The largest absolute Gasteiger partial charge is 0.368 e. The second-order valence-corrected chi connectivity index (χ2v) is 10.4. The van der Waals surface area contributed by atoms with Gasteiger partial charge in [-0.25, -0.2) is 4.31 Å². The molecule has 0 bridgehead atoms. The maximum absolute atomic E-state index is 13.6. The summed E-state index contributed by atoms with van der Waals surface area (Å²) in [5, 5.41) is 10.1. The summed E-state index contributed by atoms with van der Waals surface area (Å²) in [4.78, 5) is 19.5. The number of rotatable bonds is 2. The minimum Gasteiger partial charge on any atom is -0.368 e. The molecule has 2 heterocycles. The van der Waals surface area contributed by atoms with Gasteiger partial charge >= 0.3 is 0 Å². The van der Waals surface area contributed by atoms with E-state index in [2.05, 4.69) is 62.4 Å². The lowest BCUT2D eigenvalue weighted by Gasteiger charge is -2.38. The van der Waals surface area contributed by atoms with Crippen LogP contribution in [0.2, 0.25) is 0 Å². The highest BCUT2D eigenvalue weighted by Gasteiger charge is 2.40. The minimum atomic E-state index is -0.360. The van der Waals surface area contributed by atoms with E-state index < -0.39 is 0 Å². The van der Waals surface area contributed by atoms with Crippen molar-refractivity contribution in [3.05, 3.63) is 62.8 Å². The predicted octanol–water partition coefficient (Wildman–Crippen LogP) is 5.07. The number of ketones is 1. The number of nitriles is 1. The normalized spacial score (nSPS) is 18.0. The number of fused-ring (bicyclic) bond motifs is 4. The molecule has 1 aliphatic carbocycles. The van der Waals surface area contributed by atoms with Gasteiger partial charge in [-0.1, -0.05) is 31.9 Å². The Labute approximate surface area is 194 Å². The third-order valence-electron chi connectivity index (χ3n) is 6.62. The molecule has 1 aliphatic heterocycles. The van der Waals surface area contributed by atoms with Gasteiger partial charge in [0.25, 0.3) is 0 Å². The lowest BCUT2D eigenvalue weighted by molar-refractivity contribution is 0.103. The van der Waals surface area contributed by atoms with Gasteiger partial charge in [0.1, 0.15) is 0 Å². The van der Waals surface area contributed by atoms with Gasteiger partial charge in [0.15, 0.2) is 5.78 Å². The van der Waals surface area contributed by atoms with Crippen molar-refractivity contribution in [2.24, 2.45) is 0 Å². The summed E-state index contributed by atoms with van der Waals surface area (Å²) in [6.07, 6.45) is 2.12. The molecule has 2 aromatic carbocycles. The molecular formula is C24H23BrN4OS. The zero-order valence-corrected chi connectivity index (χ0v) is 20.2. The topological polar surface area (TPSA) is 63.1 Å². The summed E-state index contributed by atoms with van der Waals surface area (Å²) in [6.45, 7) is 8.28. The van der Waals surface area contributed by atoms with Crippen molar-refractivity contribution < 1.29 is 4.79 Å². The number of benzene rings is 2. The quantitative estimate of drug-likeness (QED) is 0.503. The fourth-order valence-electron chi connectivity index (χ4n) is 4.86. The molecule has 1 fully saturated rings. The van der Waals surface area contributed by atoms with Gasteiger partial charge in [0, 0.05) is 58.2 Å². The summed E-state index contributed by atoms with van der Waals surface area (Å²) in [5.41, 5.74) is 5.66. The van der Waals surface area contributed by atoms with Gasteiger partial charge in [0.2, 0.25) is 0 Å². The first kappa shape index (κ1) is 20.6. The van der Waals surface area contributed by atoms with Crippen molar-refractivity contribution in [2.45, 2.75) is 19.3 Å². The molecule has 0 unspecified atom stereocenters. The number of nitrogens with zero attached hydrogens (tertiary/aromatic N) is 3. The van der Waals surface area contributed by atoms with Crippen LogP contribution in [0.4, 0.5) is 5.69 Å². The molecule has 158 valence electrons. The molecule has 1 N–H and O–H groups in total. The SMILES string of the molecule is CSN1CCN(c2cc3c(cc2Br)C(=O)c2c([nH]c4cc(C#N)ccc24)C3(C)C)CC1. The number of H-pyrrole nitrogens is 1. The monoisotopic (exact) mass is 494 g/mol. The first-order valence-electron chi connectivity index (χ1n) is 10.3. The molecular weight excluding hydrogens is 472 g/mol. The highest BCUT2D eigenvalue weighted by Crippen LogP contribution is 2.46. The third kappa shape index (κ3) is 3.12. The van der Waals surface area contributed by atoms with Crippen molar-refractivity contribution in [3.63, 3.8) is 0 Å². The summed E-state index contributed by atoms with van der Waals surface area (Å²) >= 11 is 5.54. The molecule has 0 radical (unpaired) electrons. The van der Waals surface area contributed by atoms with Crippen molar-refractivity contribution in [1.29, 1.82) is 5.26 Å². The lowest BCUT2D eigenvalue weighted by atomic mass is 9.71. The molecule has 1 saturated heterocycles. The molecule has 0 atom stereocenters. The van der Waals surface area contributed by atoms with Crippen LogP contribution < -0.4 is 4.90 Å². The van der Waals surface area contributed by atoms with Crippen LogP contribution in [-0.2, 0) is 5.41 Å². The van der Waals surface area contributed by atoms with Gasteiger partial charge in [-0.15, -0.1) is 0 Å². The first-order valence-corrected chi connectivity index (χ1v) is 12.3. The Morgan fingerprint density at radius 2 is 1.90 bits per heavy atom. The number of anilines is 1. The van der Waals surface area contributed by atoms with Gasteiger partial charge < -0.3 is 9.88 Å². The number of hydrogen-bond donors (Lipinski definition) is 1. The van der Waals surface area contributed by atoms with E-state index in [0.717, 1.165) is 69.6 Å². The van der Waals surface area contributed by atoms with Crippen molar-refractivity contribution in [1.82, 2.24) is 9.29 Å². The van der Waals surface area contributed by atoms with Crippen LogP contribution in [0.3, 0.4) is 0 Å². The van der Waals surface area contributed by atoms with Gasteiger partial charge in [-0.2, -0.15) is 5.26 Å². The molecule has 0 amide bonds. The van der Waals surface area contributed by atoms with E-state index in [-0.39, 0.29) is 11.2 Å². The Hall–Kier alpha value is -2.27. The fraction of sp³-hybridized carbons (Fsp3) is 0.333. The molecule has 5 nitrogen and oxygen atoms in total. The second kappa shape index (κ2) is 7.40. The maximum atomic E-state index is 13.6. The van der Waals surface area contributed by atoms with Crippen LogP contribution in [0.1, 0.15) is 46.6 Å². The number of carbonyl (C=O) groups is 1. The second-order valence-electron chi connectivity index (χ2n) is 8.65. The van der Waals surface area contributed by atoms with Crippen LogP contribution in [0, 0.1) is 11.3 Å². The van der Waals surface area contributed by atoms with Crippen molar-refractivity contribution in [2.75, 3.05) is 37.3 Å². The number of piperazine rings is 1. The Bertz CT molecular complexity index is 1260. The summed E-state index contributed by atoms with van der Waals surface area (Å²) in [5.74, 6) is 0.0414. The van der Waals surface area contributed by atoms with Gasteiger partial charge in [-0.05, 0) is 52.0 Å². The van der Waals surface area contributed by atoms with E-state index in [9.17, 15) is 10.1 Å². The van der Waals surface area contributed by atoms with Gasteiger partial charge in [0.05, 0.1) is 22.9 Å². The predicted molar refractivity (Wildman–Crippen MR) is 130 cm³/mol. The molecule has 7 heteroatoms. The number of aromatic nitrogens is 1.